The minimum absolute atomic E-state index is 0.250. The number of nitrogens with two attached hydrogens (primary N) is 1. The molecule has 0 amide bonds. The lowest BCUT2D eigenvalue weighted by Crippen LogP contribution is -2.06. The number of aryl methyl sites for hydroxylation is 1. The number of hydrogen-bond donors (Lipinski definition) is 1. The third kappa shape index (κ3) is 2.42. The Morgan fingerprint density at radius 3 is 2.86 bits per heavy atom. The number of hydrogen-bond acceptors (Lipinski definition) is 4. The number of benzene rings is 1. The zero-order valence-electron chi connectivity index (χ0n) is 12.5. The molecular weight excluding hydrogens is 283 g/mol. The van der Waals surface area contributed by atoms with Crippen LogP contribution in [0.15, 0.2) is 30.6 Å². The van der Waals surface area contributed by atoms with Crippen molar-refractivity contribution in [2.75, 3.05) is 19.5 Å². The largest absolute Gasteiger partial charge is 0.383 e. The standard InChI is InChI=1S/C16H17FN4O/c1-10-3-4-11(7-13(10)17)12-8-19-9-14-15(12)16(18)20-21(14)5-6-22-2/h3-4,7-9H,5-6H2,1-2H3,(H2,18,20). The fourth-order valence-corrected chi connectivity index (χ4v) is 2.48. The van der Waals surface area contributed by atoms with Crippen LogP contribution in [-0.4, -0.2) is 28.5 Å². The molecule has 0 bridgehead atoms. The highest BCUT2D eigenvalue weighted by Gasteiger charge is 2.14. The van der Waals surface area contributed by atoms with Gasteiger partial charge >= 0.3 is 0 Å². The van der Waals surface area contributed by atoms with Gasteiger partial charge in [-0.15, -0.1) is 0 Å². The lowest BCUT2D eigenvalue weighted by atomic mass is 10.0. The van der Waals surface area contributed by atoms with E-state index in [1.807, 2.05) is 6.07 Å². The smallest absolute Gasteiger partial charge is 0.154 e. The number of methoxy groups -OCH3 is 1. The summed E-state index contributed by atoms with van der Waals surface area (Å²) in [5.74, 6) is 0.157. The Bertz CT molecular complexity index is 828. The van der Waals surface area contributed by atoms with E-state index in [4.69, 9.17) is 10.5 Å². The summed E-state index contributed by atoms with van der Waals surface area (Å²) in [6.45, 7) is 2.84. The lowest BCUT2D eigenvalue weighted by Gasteiger charge is -2.06. The summed E-state index contributed by atoms with van der Waals surface area (Å²) < 4.78 is 20.7. The van der Waals surface area contributed by atoms with Gasteiger partial charge in [0.2, 0.25) is 0 Å². The highest BCUT2D eigenvalue weighted by molar-refractivity contribution is 6.01. The molecular formula is C16H17FN4O. The quantitative estimate of drug-likeness (QED) is 0.804. The van der Waals surface area contributed by atoms with E-state index in [0.717, 1.165) is 22.0 Å². The van der Waals surface area contributed by atoms with E-state index in [0.29, 0.717) is 24.5 Å². The average Bonchev–Trinajstić information content (AvgIpc) is 2.84. The molecule has 1 aromatic carbocycles. The van der Waals surface area contributed by atoms with Gasteiger partial charge in [0.15, 0.2) is 5.82 Å². The van der Waals surface area contributed by atoms with Gasteiger partial charge in [-0.1, -0.05) is 12.1 Å². The fourth-order valence-electron chi connectivity index (χ4n) is 2.48. The van der Waals surface area contributed by atoms with E-state index in [9.17, 15) is 4.39 Å². The van der Waals surface area contributed by atoms with Crippen LogP contribution in [0.2, 0.25) is 0 Å². The first-order valence-corrected chi connectivity index (χ1v) is 6.97. The van der Waals surface area contributed by atoms with Crippen LogP contribution in [0.4, 0.5) is 10.2 Å². The molecule has 2 heterocycles. The number of nitrogens with zero attached hydrogens (tertiary/aromatic N) is 3. The number of fused-ring (bicyclic) bond motifs is 1. The van der Waals surface area contributed by atoms with Gasteiger partial charge in [-0.3, -0.25) is 9.67 Å². The molecule has 0 unspecified atom stereocenters. The summed E-state index contributed by atoms with van der Waals surface area (Å²) in [4.78, 5) is 4.24. The van der Waals surface area contributed by atoms with E-state index in [2.05, 4.69) is 10.1 Å². The first kappa shape index (κ1) is 14.5. The molecule has 3 aromatic rings. The maximum atomic E-state index is 13.8. The molecule has 5 nitrogen and oxygen atoms in total. The minimum atomic E-state index is -0.250. The molecule has 0 aliphatic rings. The summed E-state index contributed by atoms with van der Waals surface area (Å²) >= 11 is 0. The predicted molar refractivity (Wildman–Crippen MR) is 83.9 cm³/mol. The molecule has 0 fully saturated rings. The lowest BCUT2D eigenvalue weighted by molar-refractivity contribution is 0.185. The first-order chi connectivity index (χ1) is 10.6. The van der Waals surface area contributed by atoms with Crippen molar-refractivity contribution in [3.05, 3.63) is 42.0 Å². The number of nitrogen functional groups attached to an aromatic ring is 1. The topological polar surface area (TPSA) is 66.0 Å². The molecule has 2 aromatic heterocycles. The highest BCUT2D eigenvalue weighted by atomic mass is 19.1. The monoisotopic (exact) mass is 300 g/mol. The van der Waals surface area contributed by atoms with Gasteiger partial charge in [-0.2, -0.15) is 5.10 Å². The molecule has 0 spiro atoms. The third-order valence-corrected chi connectivity index (χ3v) is 3.68. The van der Waals surface area contributed by atoms with Gasteiger partial charge in [0, 0.05) is 18.9 Å². The van der Waals surface area contributed by atoms with Crippen molar-refractivity contribution < 1.29 is 9.13 Å². The van der Waals surface area contributed by atoms with Crippen LogP contribution in [0.3, 0.4) is 0 Å². The fraction of sp³-hybridized carbons (Fsp3) is 0.250. The average molecular weight is 300 g/mol. The van der Waals surface area contributed by atoms with Crippen molar-refractivity contribution in [1.82, 2.24) is 14.8 Å². The number of rotatable bonds is 4. The number of aromatic nitrogens is 3. The molecule has 0 saturated carbocycles. The molecule has 2 N–H and O–H groups in total. The number of pyridine rings is 1. The van der Waals surface area contributed by atoms with E-state index in [1.54, 1.807) is 37.2 Å². The van der Waals surface area contributed by atoms with Crippen LogP contribution in [0, 0.1) is 12.7 Å². The summed E-state index contributed by atoms with van der Waals surface area (Å²) in [5, 5.41) is 5.12. The van der Waals surface area contributed by atoms with Crippen molar-refractivity contribution in [3.8, 4) is 11.1 Å². The highest BCUT2D eigenvalue weighted by Crippen LogP contribution is 2.32. The predicted octanol–water partition coefficient (Wildman–Crippen LogP) is 2.77. The van der Waals surface area contributed by atoms with Gasteiger partial charge in [0.1, 0.15) is 5.82 Å². The number of ether oxygens (including phenoxy) is 1. The van der Waals surface area contributed by atoms with Crippen molar-refractivity contribution in [2.24, 2.45) is 0 Å². The maximum absolute atomic E-state index is 13.8. The second-order valence-corrected chi connectivity index (χ2v) is 5.15. The Hall–Kier alpha value is -2.47. The molecule has 0 saturated heterocycles. The van der Waals surface area contributed by atoms with Gasteiger partial charge in [0.25, 0.3) is 0 Å². The van der Waals surface area contributed by atoms with Crippen LogP contribution < -0.4 is 5.73 Å². The third-order valence-electron chi connectivity index (χ3n) is 3.68. The van der Waals surface area contributed by atoms with Crippen molar-refractivity contribution in [1.29, 1.82) is 0 Å². The van der Waals surface area contributed by atoms with Gasteiger partial charge < -0.3 is 10.5 Å². The molecule has 6 heteroatoms. The Morgan fingerprint density at radius 2 is 2.14 bits per heavy atom. The Labute approximate surface area is 127 Å². The Morgan fingerprint density at radius 1 is 1.32 bits per heavy atom. The Balaban J connectivity index is 2.18. The molecule has 114 valence electrons. The first-order valence-electron chi connectivity index (χ1n) is 6.97. The summed E-state index contributed by atoms with van der Waals surface area (Å²) in [7, 11) is 1.63. The molecule has 0 radical (unpaired) electrons. The van der Waals surface area contributed by atoms with E-state index < -0.39 is 0 Å². The molecule has 0 aliphatic heterocycles. The normalized spacial score (nSPS) is 11.2. The minimum Gasteiger partial charge on any atom is -0.383 e. The van der Waals surface area contributed by atoms with Crippen LogP contribution in [0.25, 0.3) is 22.0 Å². The van der Waals surface area contributed by atoms with E-state index >= 15 is 0 Å². The second kappa shape index (κ2) is 5.73. The van der Waals surface area contributed by atoms with E-state index in [1.165, 1.54) is 6.07 Å². The van der Waals surface area contributed by atoms with Crippen LogP contribution in [0.5, 0.6) is 0 Å². The van der Waals surface area contributed by atoms with Gasteiger partial charge in [-0.05, 0) is 24.1 Å². The summed E-state index contributed by atoms with van der Waals surface area (Å²) in [6.07, 6.45) is 3.40. The van der Waals surface area contributed by atoms with Gasteiger partial charge in [-0.25, -0.2) is 4.39 Å². The van der Waals surface area contributed by atoms with Gasteiger partial charge in [0.05, 0.1) is 30.3 Å². The van der Waals surface area contributed by atoms with Crippen molar-refractivity contribution >= 4 is 16.7 Å². The maximum Gasteiger partial charge on any atom is 0.154 e. The van der Waals surface area contributed by atoms with Crippen LogP contribution in [0.1, 0.15) is 5.56 Å². The van der Waals surface area contributed by atoms with Crippen molar-refractivity contribution in [3.63, 3.8) is 0 Å². The SMILES string of the molecule is COCCn1nc(N)c2c(-c3ccc(C)c(F)c3)cncc21. The number of anilines is 1. The van der Waals surface area contributed by atoms with Crippen LogP contribution >= 0.6 is 0 Å². The zero-order valence-corrected chi connectivity index (χ0v) is 12.5. The zero-order chi connectivity index (χ0) is 15.7. The summed E-state index contributed by atoms with van der Waals surface area (Å²) in [5.41, 5.74) is 8.99. The number of halogens is 1. The summed E-state index contributed by atoms with van der Waals surface area (Å²) in [6, 6.07) is 5.10. The molecule has 0 aliphatic carbocycles. The van der Waals surface area contributed by atoms with Crippen molar-refractivity contribution in [2.45, 2.75) is 13.5 Å². The molecule has 22 heavy (non-hydrogen) atoms. The molecule has 3 rings (SSSR count). The van der Waals surface area contributed by atoms with E-state index in [-0.39, 0.29) is 5.82 Å². The Kier molecular flexibility index (Phi) is 3.77. The van der Waals surface area contributed by atoms with Crippen LogP contribution in [-0.2, 0) is 11.3 Å². The second-order valence-electron chi connectivity index (χ2n) is 5.15. The molecule has 0 atom stereocenters.